The second kappa shape index (κ2) is 7.22. The molecule has 0 aliphatic carbocycles. The first-order valence-corrected chi connectivity index (χ1v) is 7.74. The van der Waals surface area contributed by atoms with Gasteiger partial charge in [-0.25, -0.2) is 9.97 Å². The van der Waals surface area contributed by atoms with Crippen LogP contribution < -0.4 is 15.0 Å². The Morgan fingerprint density at radius 3 is 2.86 bits per heavy atom. The summed E-state index contributed by atoms with van der Waals surface area (Å²) in [5.41, 5.74) is 1.19. The number of methoxy groups -OCH3 is 1. The number of para-hydroxylation sites is 1. The van der Waals surface area contributed by atoms with Gasteiger partial charge in [0.1, 0.15) is 5.75 Å². The van der Waals surface area contributed by atoms with Crippen LogP contribution in [0.4, 0.5) is 5.95 Å². The highest BCUT2D eigenvalue weighted by atomic mass is 16.5. The van der Waals surface area contributed by atoms with Crippen molar-refractivity contribution >= 4 is 5.95 Å². The first-order chi connectivity index (χ1) is 10.9. The summed E-state index contributed by atoms with van der Waals surface area (Å²) in [7, 11) is 1.72. The molecular formula is C17H22N4O. The maximum atomic E-state index is 5.41. The number of benzene rings is 1. The number of piperidine rings is 1. The normalized spacial score (nSPS) is 18.2. The van der Waals surface area contributed by atoms with E-state index in [0.29, 0.717) is 6.04 Å². The Bertz CT molecular complexity index is 590. The molecule has 0 spiro atoms. The second-order valence-corrected chi connectivity index (χ2v) is 5.53. The number of aromatic nitrogens is 2. The zero-order valence-electron chi connectivity index (χ0n) is 12.9. The summed E-state index contributed by atoms with van der Waals surface area (Å²) < 4.78 is 5.41. The maximum absolute atomic E-state index is 5.41. The molecule has 1 aromatic carbocycles. The van der Waals surface area contributed by atoms with Gasteiger partial charge in [0.2, 0.25) is 5.95 Å². The Balaban J connectivity index is 1.59. The lowest BCUT2D eigenvalue weighted by molar-refractivity contribution is 0.393. The summed E-state index contributed by atoms with van der Waals surface area (Å²) in [6, 6.07) is 10.4. The molecule has 0 radical (unpaired) electrons. The van der Waals surface area contributed by atoms with Crippen molar-refractivity contribution in [2.45, 2.75) is 25.4 Å². The van der Waals surface area contributed by atoms with E-state index >= 15 is 0 Å². The highest BCUT2D eigenvalue weighted by molar-refractivity contribution is 5.33. The van der Waals surface area contributed by atoms with Gasteiger partial charge in [-0.1, -0.05) is 18.2 Å². The quantitative estimate of drug-likeness (QED) is 0.917. The highest BCUT2D eigenvalue weighted by Crippen LogP contribution is 2.19. The van der Waals surface area contributed by atoms with Gasteiger partial charge < -0.3 is 15.0 Å². The van der Waals surface area contributed by atoms with Gasteiger partial charge in [-0.05, 0) is 25.0 Å². The fraction of sp³-hybridized carbons (Fsp3) is 0.412. The summed E-state index contributed by atoms with van der Waals surface area (Å²) in [5.74, 6) is 1.76. The van der Waals surface area contributed by atoms with Crippen molar-refractivity contribution < 1.29 is 4.74 Å². The molecule has 116 valence electrons. The fourth-order valence-electron chi connectivity index (χ4n) is 2.88. The van der Waals surface area contributed by atoms with Crippen LogP contribution in [-0.2, 0) is 6.54 Å². The van der Waals surface area contributed by atoms with Gasteiger partial charge in [0, 0.05) is 43.6 Å². The molecule has 22 heavy (non-hydrogen) atoms. The van der Waals surface area contributed by atoms with E-state index in [0.717, 1.165) is 37.8 Å². The Morgan fingerprint density at radius 1 is 1.23 bits per heavy atom. The van der Waals surface area contributed by atoms with Crippen LogP contribution in [0.25, 0.3) is 0 Å². The van der Waals surface area contributed by atoms with Crippen LogP contribution in [0, 0.1) is 0 Å². The SMILES string of the molecule is COc1ccccc1CNC1CCCN(c2ncccn2)C1. The molecule has 5 nitrogen and oxygen atoms in total. The second-order valence-electron chi connectivity index (χ2n) is 5.53. The van der Waals surface area contributed by atoms with Crippen molar-refractivity contribution in [3.8, 4) is 5.75 Å². The largest absolute Gasteiger partial charge is 0.496 e. The van der Waals surface area contributed by atoms with E-state index in [-0.39, 0.29) is 0 Å². The van der Waals surface area contributed by atoms with Crippen LogP contribution in [0.5, 0.6) is 5.75 Å². The first-order valence-electron chi connectivity index (χ1n) is 7.74. The number of anilines is 1. The van der Waals surface area contributed by atoms with Crippen LogP contribution in [0.3, 0.4) is 0 Å². The van der Waals surface area contributed by atoms with Gasteiger partial charge in [-0.2, -0.15) is 0 Å². The van der Waals surface area contributed by atoms with Gasteiger partial charge in [-0.15, -0.1) is 0 Å². The van der Waals surface area contributed by atoms with Crippen LogP contribution in [0.15, 0.2) is 42.7 Å². The molecular weight excluding hydrogens is 276 g/mol. The topological polar surface area (TPSA) is 50.3 Å². The Hall–Kier alpha value is -2.14. The average Bonchev–Trinajstić information content (AvgIpc) is 2.61. The van der Waals surface area contributed by atoms with Gasteiger partial charge >= 0.3 is 0 Å². The van der Waals surface area contributed by atoms with Crippen LogP contribution in [0.1, 0.15) is 18.4 Å². The predicted octanol–water partition coefficient (Wildman–Crippen LogP) is 2.24. The molecule has 2 aromatic rings. The van der Waals surface area contributed by atoms with E-state index in [2.05, 4.69) is 26.3 Å². The zero-order valence-corrected chi connectivity index (χ0v) is 12.9. The lowest BCUT2D eigenvalue weighted by Crippen LogP contribution is -2.46. The number of hydrogen-bond acceptors (Lipinski definition) is 5. The summed E-state index contributed by atoms with van der Waals surface area (Å²) >= 11 is 0. The molecule has 1 atom stereocenters. The van der Waals surface area contributed by atoms with Crippen molar-refractivity contribution in [2.24, 2.45) is 0 Å². The van der Waals surface area contributed by atoms with Crippen molar-refractivity contribution in [3.05, 3.63) is 48.3 Å². The standard InChI is InChI=1S/C17H22N4O/c1-22-16-8-3-2-6-14(16)12-20-15-7-4-11-21(13-15)17-18-9-5-10-19-17/h2-3,5-6,8-10,15,20H,4,7,11-13H2,1H3. The number of rotatable bonds is 5. The maximum Gasteiger partial charge on any atom is 0.225 e. The fourth-order valence-corrected chi connectivity index (χ4v) is 2.88. The molecule has 0 saturated carbocycles. The molecule has 3 rings (SSSR count). The third-order valence-corrected chi connectivity index (χ3v) is 4.03. The van der Waals surface area contributed by atoms with E-state index in [9.17, 15) is 0 Å². The van der Waals surface area contributed by atoms with Gasteiger partial charge in [0.25, 0.3) is 0 Å². The van der Waals surface area contributed by atoms with Crippen molar-refractivity contribution in [1.82, 2.24) is 15.3 Å². The van der Waals surface area contributed by atoms with E-state index in [1.54, 1.807) is 19.5 Å². The monoisotopic (exact) mass is 298 g/mol. The minimum Gasteiger partial charge on any atom is -0.496 e. The van der Waals surface area contributed by atoms with E-state index in [1.165, 1.54) is 12.0 Å². The summed E-state index contributed by atoms with van der Waals surface area (Å²) in [6.45, 7) is 2.79. The smallest absolute Gasteiger partial charge is 0.225 e. The molecule has 1 aliphatic rings. The van der Waals surface area contributed by atoms with Gasteiger partial charge in [0.15, 0.2) is 0 Å². The minimum atomic E-state index is 0.447. The molecule has 1 fully saturated rings. The third kappa shape index (κ3) is 3.54. The van der Waals surface area contributed by atoms with Crippen molar-refractivity contribution in [1.29, 1.82) is 0 Å². The molecule has 0 bridgehead atoms. The molecule has 1 aliphatic heterocycles. The molecule has 1 saturated heterocycles. The van der Waals surface area contributed by atoms with Crippen LogP contribution in [-0.4, -0.2) is 36.2 Å². The minimum absolute atomic E-state index is 0.447. The molecule has 1 unspecified atom stereocenters. The number of nitrogens with zero attached hydrogens (tertiary/aromatic N) is 3. The Morgan fingerprint density at radius 2 is 2.05 bits per heavy atom. The Labute approximate surface area is 131 Å². The molecule has 2 heterocycles. The Kier molecular flexibility index (Phi) is 4.85. The van der Waals surface area contributed by atoms with Gasteiger partial charge in [0.05, 0.1) is 7.11 Å². The van der Waals surface area contributed by atoms with Crippen molar-refractivity contribution in [3.63, 3.8) is 0 Å². The molecule has 5 heteroatoms. The zero-order chi connectivity index (χ0) is 15.2. The lowest BCUT2D eigenvalue weighted by Gasteiger charge is -2.33. The van der Waals surface area contributed by atoms with E-state index in [1.807, 2.05) is 24.3 Å². The molecule has 0 amide bonds. The van der Waals surface area contributed by atoms with Gasteiger partial charge in [-0.3, -0.25) is 0 Å². The molecule has 1 aromatic heterocycles. The number of hydrogen-bond donors (Lipinski definition) is 1. The van der Waals surface area contributed by atoms with Crippen molar-refractivity contribution in [2.75, 3.05) is 25.1 Å². The summed E-state index contributed by atoms with van der Waals surface area (Å²) in [4.78, 5) is 11.0. The van der Waals surface area contributed by atoms with Crippen LogP contribution in [0.2, 0.25) is 0 Å². The summed E-state index contributed by atoms with van der Waals surface area (Å²) in [5, 5.41) is 3.64. The van der Waals surface area contributed by atoms with E-state index in [4.69, 9.17) is 4.74 Å². The third-order valence-electron chi connectivity index (χ3n) is 4.03. The molecule has 1 N–H and O–H groups in total. The average molecular weight is 298 g/mol. The number of ether oxygens (including phenoxy) is 1. The highest BCUT2D eigenvalue weighted by Gasteiger charge is 2.21. The first kappa shape index (κ1) is 14.8. The number of nitrogens with one attached hydrogen (secondary N) is 1. The van der Waals surface area contributed by atoms with E-state index < -0.39 is 0 Å². The summed E-state index contributed by atoms with van der Waals surface area (Å²) in [6.07, 6.45) is 5.93. The predicted molar refractivity (Wildman–Crippen MR) is 87.1 cm³/mol. The lowest BCUT2D eigenvalue weighted by atomic mass is 10.1. The van der Waals surface area contributed by atoms with Crippen LogP contribution >= 0.6 is 0 Å².